The second-order valence-electron chi connectivity index (χ2n) is 9.50. The standard InChI is InChI=1S/C24H25FN2O8/c25-13-1-2-14(28)16-11(13)7-9-8-12-18(27-10-3-5-35-6-4-10)20(30)17(23(26)33)22(32)24(12,34)21(31)15(9)19(16)29/h1-2,9-10,12,18,27-29,32,34H,3-8H2,(H2,26,33)/t9-,12-,18+,24-/m0/s1. The molecule has 2 fully saturated rings. The van der Waals surface area contributed by atoms with E-state index in [2.05, 4.69) is 5.32 Å². The van der Waals surface area contributed by atoms with Crippen molar-refractivity contribution in [2.75, 3.05) is 13.2 Å². The van der Waals surface area contributed by atoms with Gasteiger partial charge in [0.05, 0.1) is 11.6 Å². The molecule has 1 aliphatic heterocycles. The number of phenolic OH excluding ortho intramolecular Hbond substituents is 1. The fraction of sp³-hybridized carbons (Fsp3) is 0.458. The molecular weight excluding hydrogens is 463 g/mol. The number of fused-ring (bicyclic) bond motifs is 3. The van der Waals surface area contributed by atoms with E-state index >= 15 is 0 Å². The summed E-state index contributed by atoms with van der Waals surface area (Å²) < 4.78 is 19.9. The Hall–Kier alpha value is -3.28. The molecule has 5 rings (SSSR count). The van der Waals surface area contributed by atoms with Gasteiger partial charge in [-0.15, -0.1) is 0 Å². The quantitative estimate of drug-likeness (QED) is 0.327. The molecule has 11 heteroatoms. The summed E-state index contributed by atoms with van der Waals surface area (Å²) in [5, 5.41) is 46.7. The maximum atomic E-state index is 14.6. The molecule has 0 bridgehead atoms. The van der Waals surface area contributed by atoms with E-state index in [9.17, 15) is 39.2 Å². The molecule has 1 amide bonds. The number of nitrogens with two attached hydrogens (primary N) is 1. The fourth-order valence-electron chi connectivity index (χ4n) is 5.95. The molecule has 4 atom stereocenters. The van der Waals surface area contributed by atoms with Crippen molar-refractivity contribution < 1.29 is 43.9 Å². The van der Waals surface area contributed by atoms with Gasteiger partial charge in [-0.05, 0) is 43.7 Å². The van der Waals surface area contributed by atoms with E-state index in [0.717, 1.165) is 12.1 Å². The van der Waals surface area contributed by atoms with E-state index in [0.29, 0.717) is 26.1 Å². The number of hydrogen-bond acceptors (Lipinski definition) is 9. The highest BCUT2D eigenvalue weighted by atomic mass is 19.1. The van der Waals surface area contributed by atoms with E-state index in [1.54, 1.807) is 0 Å². The number of carbonyl (C=O) groups excluding carboxylic acids is 3. The summed E-state index contributed by atoms with van der Waals surface area (Å²) in [6.45, 7) is 0.859. The number of halogens is 1. The van der Waals surface area contributed by atoms with Gasteiger partial charge in [0.1, 0.15) is 28.7 Å². The van der Waals surface area contributed by atoms with E-state index < -0.39 is 69.6 Å². The summed E-state index contributed by atoms with van der Waals surface area (Å²) in [7, 11) is 0. The van der Waals surface area contributed by atoms with E-state index in [4.69, 9.17) is 10.5 Å². The predicted octanol–water partition coefficient (Wildman–Crippen LogP) is 0.310. The molecule has 4 aliphatic rings. The van der Waals surface area contributed by atoms with E-state index in [1.165, 1.54) is 0 Å². The summed E-state index contributed by atoms with van der Waals surface area (Å²) in [5.41, 5.74) is 1.15. The third kappa shape index (κ3) is 3.29. The van der Waals surface area contributed by atoms with Gasteiger partial charge in [0, 0.05) is 36.3 Å². The number of aliphatic hydroxyl groups excluding tert-OH is 2. The molecule has 1 saturated heterocycles. The number of primary amides is 1. The van der Waals surface area contributed by atoms with E-state index in [1.807, 2.05) is 0 Å². The van der Waals surface area contributed by atoms with Crippen molar-refractivity contribution in [3.05, 3.63) is 46.0 Å². The van der Waals surface area contributed by atoms with Gasteiger partial charge in [-0.2, -0.15) is 0 Å². The van der Waals surface area contributed by atoms with Crippen LogP contribution in [0.5, 0.6) is 5.75 Å². The Morgan fingerprint density at radius 1 is 1.17 bits per heavy atom. The Morgan fingerprint density at radius 3 is 2.51 bits per heavy atom. The van der Waals surface area contributed by atoms with Crippen molar-refractivity contribution in [3.8, 4) is 5.75 Å². The van der Waals surface area contributed by atoms with Crippen LogP contribution in [0.2, 0.25) is 0 Å². The van der Waals surface area contributed by atoms with E-state index in [-0.39, 0.29) is 35.6 Å². The second kappa shape index (κ2) is 8.14. The van der Waals surface area contributed by atoms with Gasteiger partial charge < -0.3 is 36.2 Å². The number of aromatic hydroxyl groups is 1. The minimum absolute atomic E-state index is 0.00292. The first-order valence-corrected chi connectivity index (χ1v) is 11.4. The maximum Gasteiger partial charge on any atom is 0.255 e. The normalized spacial score (nSPS) is 31.2. The highest BCUT2D eigenvalue weighted by Crippen LogP contribution is 2.52. The summed E-state index contributed by atoms with van der Waals surface area (Å²) in [4.78, 5) is 39.1. The van der Waals surface area contributed by atoms with Crippen LogP contribution in [0, 0.1) is 17.7 Å². The Kier molecular flexibility index (Phi) is 5.46. The molecule has 0 unspecified atom stereocenters. The van der Waals surface area contributed by atoms with Crippen LogP contribution < -0.4 is 11.1 Å². The van der Waals surface area contributed by atoms with Crippen LogP contribution in [-0.4, -0.2) is 68.8 Å². The number of phenols is 1. The van der Waals surface area contributed by atoms with Crippen LogP contribution in [0.4, 0.5) is 4.39 Å². The van der Waals surface area contributed by atoms with Gasteiger partial charge in [-0.3, -0.25) is 14.4 Å². The number of benzene rings is 1. The van der Waals surface area contributed by atoms with Crippen molar-refractivity contribution >= 4 is 23.2 Å². The van der Waals surface area contributed by atoms with Crippen molar-refractivity contribution in [1.82, 2.24) is 5.32 Å². The lowest BCUT2D eigenvalue weighted by Gasteiger charge is -2.49. The number of amides is 1. The molecule has 186 valence electrons. The van der Waals surface area contributed by atoms with Gasteiger partial charge >= 0.3 is 0 Å². The largest absolute Gasteiger partial charge is 0.508 e. The van der Waals surface area contributed by atoms with Gasteiger partial charge in [-0.25, -0.2) is 4.39 Å². The average molecular weight is 488 g/mol. The number of aliphatic hydroxyl groups is 3. The average Bonchev–Trinajstić information content (AvgIpc) is 2.81. The molecule has 10 nitrogen and oxygen atoms in total. The summed E-state index contributed by atoms with van der Waals surface area (Å²) in [6.07, 6.45) is 0.896. The first-order chi connectivity index (χ1) is 16.6. The first kappa shape index (κ1) is 23.5. The lowest BCUT2D eigenvalue weighted by atomic mass is 9.57. The van der Waals surface area contributed by atoms with Crippen LogP contribution in [0.3, 0.4) is 0 Å². The van der Waals surface area contributed by atoms with Gasteiger partial charge in [0.25, 0.3) is 5.91 Å². The highest BCUT2D eigenvalue weighted by Gasteiger charge is 2.64. The Balaban J connectivity index is 1.66. The number of carbonyl (C=O) groups is 3. The summed E-state index contributed by atoms with van der Waals surface area (Å²) in [6, 6.07) is 0.606. The molecule has 0 radical (unpaired) electrons. The third-order valence-corrected chi connectivity index (χ3v) is 7.66. The Labute approximate surface area is 198 Å². The molecular formula is C24H25FN2O8. The Bertz CT molecular complexity index is 1220. The lowest BCUT2D eigenvalue weighted by Crippen LogP contribution is -2.67. The van der Waals surface area contributed by atoms with Crippen LogP contribution in [0.1, 0.15) is 30.4 Å². The van der Waals surface area contributed by atoms with Crippen molar-refractivity contribution in [2.45, 2.75) is 43.4 Å². The molecule has 3 aliphatic carbocycles. The van der Waals surface area contributed by atoms with Crippen molar-refractivity contribution in [3.63, 3.8) is 0 Å². The van der Waals surface area contributed by atoms with Gasteiger partial charge in [0.2, 0.25) is 5.78 Å². The number of nitrogens with one attached hydrogen (secondary N) is 1. The lowest BCUT2D eigenvalue weighted by molar-refractivity contribution is -0.151. The summed E-state index contributed by atoms with van der Waals surface area (Å²) >= 11 is 0. The van der Waals surface area contributed by atoms with Crippen LogP contribution in [-0.2, 0) is 25.5 Å². The maximum absolute atomic E-state index is 14.6. The SMILES string of the molecule is NC(=O)C1=C(O)[C@@]2(O)C(=O)C3=C(O)c4c(O)ccc(F)c4C[C@H]3C[C@H]2[C@@H](NC2CCOCC2)C1=O. The molecule has 0 aromatic heterocycles. The number of ketones is 2. The molecule has 1 aromatic carbocycles. The number of rotatable bonds is 3. The Morgan fingerprint density at radius 2 is 1.86 bits per heavy atom. The second-order valence-corrected chi connectivity index (χ2v) is 9.50. The van der Waals surface area contributed by atoms with Gasteiger partial charge in [-0.1, -0.05) is 0 Å². The molecule has 1 heterocycles. The fourth-order valence-corrected chi connectivity index (χ4v) is 5.95. The molecule has 0 spiro atoms. The minimum Gasteiger partial charge on any atom is -0.508 e. The molecule has 1 aromatic rings. The van der Waals surface area contributed by atoms with Crippen molar-refractivity contribution in [2.24, 2.45) is 17.6 Å². The number of hydrogen-bond donors (Lipinski definition) is 6. The smallest absolute Gasteiger partial charge is 0.255 e. The van der Waals surface area contributed by atoms with Crippen LogP contribution in [0.15, 0.2) is 29.0 Å². The third-order valence-electron chi connectivity index (χ3n) is 7.66. The van der Waals surface area contributed by atoms with Crippen molar-refractivity contribution in [1.29, 1.82) is 0 Å². The van der Waals surface area contributed by atoms with Crippen LogP contribution in [0.25, 0.3) is 5.76 Å². The zero-order valence-electron chi connectivity index (χ0n) is 18.6. The van der Waals surface area contributed by atoms with Crippen LogP contribution >= 0.6 is 0 Å². The number of Topliss-reactive ketones (excluding diaryl/α,β-unsaturated/α-hetero) is 2. The van der Waals surface area contributed by atoms with Gasteiger partial charge in [0.15, 0.2) is 11.4 Å². The topological polar surface area (TPSA) is 179 Å². The predicted molar refractivity (Wildman–Crippen MR) is 117 cm³/mol. The molecule has 7 N–H and O–H groups in total. The first-order valence-electron chi connectivity index (χ1n) is 11.4. The zero-order valence-corrected chi connectivity index (χ0v) is 18.6. The monoisotopic (exact) mass is 488 g/mol. The zero-order chi connectivity index (χ0) is 25.2. The molecule has 1 saturated carbocycles. The highest BCUT2D eigenvalue weighted by molar-refractivity contribution is 6.24. The number of ether oxygens (including phenoxy) is 1. The molecule has 35 heavy (non-hydrogen) atoms. The minimum atomic E-state index is -2.73. The summed E-state index contributed by atoms with van der Waals surface area (Å²) in [5.74, 6) is -8.35.